The van der Waals surface area contributed by atoms with Crippen LogP contribution in [0.4, 0.5) is 0 Å². The predicted octanol–water partition coefficient (Wildman–Crippen LogP) is 6.26. The summed E-state index contributed by atoms with van der Waals surface area (Å²) < 4.78 is 0. The van der Waals surface area contributed by atoms with Crippen LogP contribution in [0.5, 0.6) is 0 Å². The standard InChI is InChI=1S/C21H28Si/c1-20(2)21(16-11-17-22(20,3)4,18-12-7-5-8-13-18)19-14-9-6-10-15-19/h5-10,12-15H,11,16-17H2,1-4H3. The third-order valence-corrected chi connectivity index (χ3v) is 12.1. The number of hydrogen-bond acceptors (Lipinski definition) is 0. The molecular formula is C21H28Si. The Bertz CT molecular complexity index is 586. The fraction of sp³-hybridized carbons (Fsp3) is 0.429. The second kappa shape index (κ2) is 5.38. The summed E-state index contributed by atoms with van der Waals surface area (Å²) in [5, 5.41) is 0.334. The van der Waals surface area contributed by atoms with Gasteiger partial charge in [-0.25, -0.2) is 0 Å². The van der Waals surface area contributed by atoms with Crippen LogP contribution in [0.25, 0.3) is 0 Å². The number of benzene rings is 2. The van der Waals surface area contributed by atoms with Crippen molar-refractivity contribution in [2.75, 3.05) is 0 Å². The Morgan fingerprint density at radius 1 is 0.773 bits per heavy atom. The zero-order valence-corrected chi connectivity index (χ0v) is 15.4. The summed E-state index contributed by atoms with van der Waals surface area (Å²) in [6.45, 7) is 10.3. The Morgan fingerprint density at radius 2 is 1.23 bits per heavy atom. The normalized spacial score (nSPS) is 22.2. The van der Waals surface area contributed by atoms with Gasteiger partial charge in [-0.05, 0) is 22.6 Å². The third kappa shape index (κ3) is 2.10. The molecule has 2 aromatic rings. The van der Waals surface area contributed by atoms with Crippen LogP contribution in [0.1, 0.15) is 37.8 Å². The van der Waals surface area contributed by atoms with Gasteiger partial charge in [0.25, 0.3) is 0 Å². The smallest absolute Gasteiger partial charge is 0.0544 e. The van der Waals surface area contributed by atoms with Crippen molar-refractivity contribution < 1.29 is 0 Å². The second-order valence-corrected chi connectivity index (χ2v) is 13.5. The van der Waals surface area contributed by atoms with E-state index < -0.39 is 8.07 Å². The fourth-order valence-corrected chi connectivity index (χ4v) is 7.88. The van der Waals surface area contributed by atoms with Gasteiger partial charge in [0, 0.05) is 5.41 Å². The molecule has 1 aliphatic heterocycles. The van der Waals surface area contributed by atoms with Gasteiger partial charge < -0.3 is 0 Å². The molecule has 1 aliphatic rings. The molecule has 0 saturated carbocycles. The molecule has 116 valence electrons. The predicted molar refractivity (Wildman–Crippen MR) is 99.2 cm³/mol. The Balaban J connectivity index is 2.29. The van der Waals surface area contributed by atoms with Crippen molar-refractivity contribution in [3.05, 3.63) is 71.8 Å². The lowest BCUT2D eigenvalue weighted by atomic mass is 9.63. The highest BCUT2D eigenvalue weighted by atomic mass is 28.3. The highest BCUT2D eigenvalue weighted by Gasteiger charge is 2.57. The van der Waals surface area contributed by atoms with Gasteiger partial charge in [0.15, 0.2) is 0 Å². The molecular weight excluding hydrogens is 280 g/mol. The Labute approximate surface area is 136 Å². The minimum Gasteiger partial charge on any atom is -0.0689 e. The average Bonchev–Trinajstić information content (AvgIpc) is 2.52. The van der Waals surface area contributed by atoms with Crippen molar-refractivity contribution in [3.8, 4) is 0 Å². The monoisotopic (exact) mass is 308 g/mol. The van der Waals surface area contributed by atoms with E-state index in [-0.39, 0.29) is 5.41 Å². The molecule has 0 amide bonds. The zero-order chi connectivity index (χ0) is 15.8. The average molecular weight is 309 g/mol. The molecule has 22 heavy (non-hydrogen) atoms. The minimum absolute atomic E-state index is 0.156. The lowest BCUT2D eigenvalue weighted by Crippen LogP contribution is -2.55. The maximum atomic E-state index is 2.59. The molecule has 0 aromatic heterocycles. The molecule has 1 heteroatoms. The Kier molecular flexibility index (Phi) is 3.80. The Morgan fingerprint density at radius 3 is 1.68 bits per heavy atom. The van der Waals surface area contributed by atoms with Crippen LogP contribution in [-0.2, 0) is 5.41 Å². The largest absolute Gasteiger partial charge is 0.0689 e. The molecule has 0 N–H and O–H groups in total. The summed E-state index contributed by atoms with van der Waals surface area (Å²) in [6.07, 6.45) is 2.62. The zero-order valence-electron chi connectivity index (χ0n) is 14.4. The summed E-state index contributed by atoms with van der Waals surface area (Å²) in [4.78, 5) is 0. The van der Waals surface area contributed by atoms with Crippen molar-refractivity contribution in [3.63, 3.8) is 0 Å². The van der Waals surface area contributed by atoms with Crippen molar-refractivity contribution in [1.29, 1.82) is 0 Å². The first-order valence-corrected chi connectivity index (χ1v) is 11.7. The number of hydrogen-bond donors (Lipinski definition) is 0. The van der Waals surface area contributed by atoms with Crippen molar-refractivity contribution >= 4 is 8.07 Å². The summed E-state index contributed by atoms with van der Waals surface area (Å²) in [5.41, 5.74) is 3.17. The van der Waals surface area contributed by atoms with Gasteiger partial charge in [-0.3, -0.25) is 0 Å². The first-order chi connectivity index (χ1) is 10.4. The van der Waals surface area contributed by atoms with Crippen LogP contribution in [0, 0.1) is 0 Å². The molecule has 0 radical (unpaired) electrons. The van der Waals surface area contributed by atoms with Gasteiger partial charge in [0.2, 0.25) is 0 Å². The third-order valence-electron chi connectivity index (χ3n) is 6.65. The van der Waals surface area contributed by atoms with Crippen LogP contribution in [0.2, 0.25) is 24.2 Å². The van der Waals surface area contributed by atoms with Gasteiger partial charge in [-0.1, -0.05) is 100 Å². The molecule has 0 atom stereocenters. The Hall–Kier alpha value is -1.34. The van der Waals surface area contributed by atoms with Gasteiger partial charge in [-0.15, -0.1) is 0 Å². The summed E-state index contributed by atoms with van der Waals surface area (Å²) in [6, 6.07) is 24.0. The first-order valence-electron chi connectivity index (χ1n) is 8.53. The summed E-state index contributed by atoms with van der Waals surface area (Å²) in [7, 11) is -1.32. The lowest BCUT2D eigenvalue weighted by Gasteiger charge is -2.59. The van der Waals surface area contributed by atoms with Crippen LogP contribution < -0.4 is 0 Å². The number of rotatable bonds is 2. The van der Waals surface area contributed by atoms with Gasteiger partial charge in [-0.2, -0.15) is 0 Å². The maximum Gasteiger partial charge on any atom is 0.0544 e. The van der Waals surface area contributed by atoms with Crippen LogP contribution in [0.3, 0.4) is 0 Å². The van der Waals surface area contributed by atoms with Crippen molar-refractivity contribution in [1.82, 2.24) is 0 Å². The molecule has 1 heterocycles. The highest BCUT2D eigenvalue weighted by molar-refractivity contribution is 6.80. The molecule has 0 spiro atoms. The van der Waals surface area contributed by atoms with Crippen LogP contribution in [-0.4, -0.2) is 8.07 Å². The van der Waals surface area contributed by atoms with Crippen molar-refractivity contribution in [2.45, 2.75) is 56.3 Å². The molecule has 0 bridgehead atoms. The summed E-state index contributed by atoms with van der Waals surface area (Å²) in [5.74, 6) is 0. The molecule has 1 fully saturated rings. The van der Waals surface area contributed by atoms with E-state index in [1.165, 1.54) is 30.0 Å². The van der Waals surface area contributed by atoms with Gasteiger partial charge in [0.05, 0.1) is 8.07 Å². The molecule has 3 rings (SSSR count). The van der Waals surface area contributed by atoms with Gasteiger partial charge in [0.1, 0.15) is 0 Å². The van der Waals surface area contributed by atoms with Gasteiger partial charge >= 0.3 is 0 Å². The summed E-state index contributed by atoms with van der Waals surface area (Å²) >= 11 is 0. The topological polar surface area (TPSA) is 0 Å². The van der Waals surface area contributed by atoms with E-state index in [9.17, 15) is 0 Å². The highest BCUT2D eigenvalue weighted by Crippen LogP contribution is 2.63. The molecule has 1 saturated heterocycles. The second-order valence-electron chi connectivity index (χ2n) is 8.00. The van der Waals surface area contributed by atoms with Crippen molar-refractivity contribution in [2.24, 2.45) is 0 Å². The molecule has 2 aromatic carbocycles. The molecule has 0 unspecified atom stereocenters. The lowest BCUT2D eigenvalue weighted by molar-refractivity contribution is 0.323. The molecule has 0 aliphatic carbocycles. The van der Waals surface area contributed by atoms with Crippen LogP contribution in [0.15, 0.2) is 60.7 Å². The quantitative estimate of drug-likeness (QED) is 0.575. The van der Waals surface area contributed by atoms with E-state index in [1.54, 1.807) is 0 Å². The SMILES string of the molecule is CC1(C)C(c2ccccc2)(c2ccccc2)CCC[Si]1(C)C. The van der Waals surface area contributed by atoms with E-state index in [0.717, 1.165) is 0 Å². The molecule has 0 nitrogen and oxygen atoms in total. The van der Waals surface area contributed by atoms with E-state index in [0.29, 0.717) is 5.04 Å². The van der Waals surface area contributed by atoms with E-state index in [4.69, 9.17) is 0 Å². The van der Waals surface area contributed by atoms with E-state index in [1.807, 2.05) is 0 Å². The van der Waals surface area contributed by atoms with E-state index >= 15 is 0 Å². The van der Waals surface area contributed by atoms with Crippen LogP contribution >= 0.6 is 0 Å². The fourth-order valence-electron chi connectivity index (χ4n) is 4.62. The first kappa shape index (κ1) is 15.5. The minimum atomic E-state index is -1.32. The van der Waals surface area contributed by atoms with E-state index in [2.05, 4.69) is 87.6 Å². The maximum absolute atomic E-state index is 2.59.